The Morgan fingerprint density at radius 1 is 1.04 bits per heavy atom. The van der Waals surface area contributed by atoms with Gasteiger partial charge in [0.05, 0.1) is 23.3 Å². The number of nitrogens with one attached hydrogen (secondary N) is 2. The van der Waals surface area contributed by atoms with Crippen LogP contribution in [0, 0.1) is 0 Å². The second kappa shape index (κ2) is 9.01. The number of hydrogen-bond donors (Lipinski definition) is 2. The molecule has 2 N–H and O–H groups in total. The number of furan rings is 1. The molecule has 2 amide bonds. The van der Waals surface area contributed by atoms with Crippen LogP contribution in [0.15, 0.2) is 65.3 Å². The molecule has 0 radical (unpaired) electrons. The number of thiophene rings is 1. The summed E-state index contributed by atoms with van der Waals surface area (Å²) in [5, 5.41) is 5.84. The van der Waals surface area contributed by atoms with Crippen molar-refractivity contribution < 1.29 is 23.5 Å². The van der Waals surface area contributed by atoms with Gasteiger partial charge in [-0.05, 0) is 29.8 Å². The normalized spacial score (nSPS) is 11.5. The van der Waals surface area contributed by atoms with Gasteiger partial charge in [-0.3, -0.25) is 9.59 Å². The number of rotatable bonds is 7. The number of esters is 1. The van der Waals surface area contributed by atoms with Gasteiger partial charge in [0.25, 0.3) is 11.8 Å². The van der Waals surface area contributed by atoms with Crippen LogP contribution in [0.3, 0.4) is 0 Å². The second-order valence-electron chi connectivity index (χ2n) is 5.83. The Bertz CT molecular complexity index is 950. The monoisotopic (exact) mass is 398 g/mol. The number of hydrogen-bond acceptors (Lipinski definition) is 6. The Hall–Kier alpha value is -3.39. The highest BCUT2D eigenvalue weighted by Crippen LogP contribution is 2.23. The van der Waals surface area contributed by atoms with Gasteiger partial charge in [-0.15, -0.1) is 11.3 Å². The van der Waals surface area contributed by atoms with Crippen molar-refractivity contribution in [2.75, 3.05) is 12.4 Å². The summed E-state index contributed by atoms with van der Waals surface area (Å²) in [6.45, 7) is 0. The van der Waals surface area contributed by atoms with E-state index in [-0.39, 0.29) is 5.76 Å². The molecule has 0 fully saturated rings. The summed E-state index contributed by atoms with van der Waals surface area (Å²) in [5.74, 6) is -1.18. The summed E-state index contributed by atoms with van der Waals surface area (Å²) in [5.41, 5.74) is 0.899. The third-order valence-electron chi connectivity index (χ3n) is 3.89. The van der Waals surface area contributed by atoms with Gasteiger partial charge in [0.2, 0.25) is 0 Å². The largest absolute Gasteiger partial charge is 0.467 e. The smallest absolute Gasteiger partial charge is 0.328 e. The maximum atomic E-state index is 12.6. The molecule has 144 valence electrons. The Kier molecular flexibility index (Phi) is 6.23. The van der Waals surface area contributed by atoms with E-state index in [4.69, 9.17) is 9.15 Å². The summed E-state index contributed by atoms with van der Waals surface area (Å²) in [7, 11) is 1.28. The third kappa shape index (κ3) is 4.86. The van der Waals surface area contributed by atoms with Crippen molar-refractivity contribution in [1.82, 2.24) is 5.32 Å². The van der Waals surface area contributed by atoms with Crippen molar-refractivity contribution in [3.05, 3.63) is 77.1 Å². The second-order valence-corrected chi connectivity index (χ2v) is 6.92. The van der Waals surface area contributed by atoms with E-state index >= 15 is 0 Å². The molecule has 0 saturated heterocycles. The summed E-state index contributed by atoms with van der Waals surface area (Å²) in [6, 6.07) is 14.9. The summed E-state index contributed by atoms with van der Waals surface area (Å²) in [4.78, 5) is 37.0. The van der Waals surface area contributed by atoms with Crippen LogP contribution in [0.25, 0.3) is 0 Å². The Morgan fingerprint density at radius 3 is 2.50 bits per heavy atom. The minimum atomic E-state index is -0.817. The zero-order chi connectivity index (χ0) is 19.9. The Labute approximate surface area is 165 Å². The first-order valence-electron chi connectivity index (χ1n) is 8.44. The lowest BCUT2D eigenvalue weighted by Crippen LogP contribution is -2.42. The molecule has 0 aliphatic carbocycles. The molecular formula is C20H18N2O5S. The lowest BCUT2D eigenvalue weighted by Gasteiger charge is -2.16. The van der Waals surface area contributed by atoms with E-state index in [1.165, 1.54) is 13.4 Å². The predicted octanol–water partition coefficient (Wildman–Crippen LogP) is 3.11. The molecule has 3 rings (SSSR count). The first kappa shape index (κ1) is 19.4. The number of anilines is 1. The molecule has 0 bridgehead atoms. The molecule has 2 aromatic heterocycles. The fourth-order valence-electron chi connectivity index (χ4n) is 2.52. The molecule has 0 saturated carbocycles. The van der Waals surface area contributed by atoms with E-state index in [0.29, 0.717) is 16.3 Å². The first-order chi connectivity index (χ1) is 13.6. The van der Waals surface area contributed by atoms with Gasteiger partial charge in [-0.1, -0.05) is 30.3 Å². The van der Waals surface area contributed by atoms with E-state index in [2.05, 4.69) is 10.6 Å². The molecule has 2 heterocycles. The third-order valence-corrected chi connectivity index (χ3v) is 4.88. The van der Waals surface area contributed by atoms with Crippen LogP contribution in [0.5, 0.6) is 0 Å². The zero-order valence-corrected chi connectivity index (χ0v) is 15.8. The van der Waals surface area contributed by atoms with Gasteiger partial charge >= 0.3 is 5.97 Å². The van der Waals surface area contributed by atoms with Crippen molar-refractivity contribution in [1.29, 1.82) is 0 Å². The molecule has 28 heavy (non-hydrogen) atoms. The Balaban J connectivity index is 1.66. The first-order valence-corrected chi connectivity index (χ1v) is 9.26. The molecule has 0 aliphatic rings. The van der Waals surface area contributed by atoms with Gasteiger partial charge < -0.3 is 19.8 Å². The molecule has 3 aromatic rings. The lowest BCUT2D eigenvalue weighted by atomic mass is 10.1. The van der Waals surface area contributed by atoms with Gasteiger partial charge in [0.15, 0.2) is 5.76 Å². The van der Waals surface area contributed by atoms with Crippen molar-refractivity contribution in [3.63, 3.8) is 0 Å². The number of carbonyl (C=O) groups excluding carboxylic acids is 3. The maximum Gasteiger partial charge on any atom is 0.328 e. The molecule has 7 nitrogen and oxygen atoms in total. The zero-order valence-electron chi connectivity index (χ0n) is 15.0. The molecule has 1 atom stereocenters. The van der Waals surface area contributed by atoms with E-state index in [0.717, 1.165) is 16.9 Å². The van der Waals surface area contributed by atoms with Crippen LogP contribution < -0.4 is 10.6 Å². The predicted molar refractivity (Wildman–Crippen MR) is 104 cm³/mol. The van der Waals surface area contributed by atoms with E-state index in [9.17, 15) is 14.4 Å². The maximum absolute atomic E-state index is 12.6. The SMILES string of the molecule is COC(=O)[C@H](Cc1ccccc1)NC(=O)c1ccc(NC(=O)c2ccco2)s1. The summed E-state index contributed by atoms with van der Waals surface area (Å²) >= 11 is 1.10. The standard InChI is InChI=1S/C20H18N2O5S/c1-26-20(25)14(12-13-6-3-2-4-7-13)21-19(24)16-9-10-17(28-16)22-18(23)15-8-5-11-27-15/h2-11,14H,12H2,1H3,(H,21,24)(H,22,23)/t14-/m0/s1. The summed E-state index contributed by atoms with van der Waals surface area (Å²) in [6.07, 6.45) is 1.72. The quantitative estimate of drug-likeness (QED) is 0.596. The molecule has 8 heteroatoms. The van der Waals surface area contributed by atoms with Crippen LogP contribution in [0.1, 0.15) is 25.8 Å². The van der Waals surface area contributed by atoms with Crippen LogP contribution in [-0.2, 0) is 16.0 Å². The van der Waals surface area contributed by atoms with Crippen LogP contribution in [-0.4, -0.2) is 30.9 Å². The molecule has 0 unspecified atom stereocenters. The van der Waals surface area contributed by atoms with E-state index < -0.39 is 23.8 Å². The minimum absolute atomic E-state index is 0.174. The highest BCUT2D eigenvalue weighted by atomic mass is 32.1. The molecule has 1 aromatic carbocycles. The highest BCUT2D eigenvalue weighted by Gasteiger charge is 2.23. The topological polar surface area (TPSA) is 97.6 Å². The average Bonchev–Trinajstić information content (AvgIpc) is 3.40. The molecular weight excluding hydrogens is 380 g/mol. The van der Waals surface area contributed by atoms with Gasteiger partial charge in [0.1, 0.15) is 6.04 Å². The summed E-state index contributed by atoms with van der Waals surface area (Å²) < 4.78 is 9.83. The Morgan fingerprint density at radius 2 is 1.82 bits per heavy atom. The van der Waals surface area contributed by atoms with Gasteiger partial charge in [-0.2, -0.15) is 0 Å². The van der Waals surface area contributed by atoms with Crippen molar-refractivity contribution in [2.24, 2.45) is 0 Å². The number of ether oxygens (including phenoxy) is 1. The van der Waals surface area contributed by atoms with Crippen molar-refractivity contribution in [3.8, 4) is 0 Å². The fourth-order valence-corrected chi connectivity index (χ4v) is 3.33. The lowest BCUT2D eigenvalue weighted by molar-refractivity contribution is -0.142. The van der Waals surface area contributed by atoms with Gasteiger partial charge in [-0.25, -0.2) is 4.79 Å². The highest BCUT2D eigenvalue weighted by molar-refractivity contribution is 7.18. The fraction of sp³-hybridized carbons (Fsp3) is 0.150. The van der Waals surface area contributed by atoms with Crippen LogP contribution in [0.2, 0.25) is 0 Å². The number of methoxy groups -OCH3 is 1. The minimum Gasteiger partial charge on any atom is -0.467 e. The molecule has 0 aliphatic heterocycles. The number of carbonyl (C=O) groups is 3. The number of benzene rings is 1. The van der Waals surface area contributed by atoms with Crippen molar-refractivity contribution >= 4 is 34.1 Å². The van der Waals surface area contributed by atoms with Crippen molar-refractivity contribution in [2.45, 2.75) is 12.5 Å². The molecule has 0 spiro atoms. The van der Waals surface area contributed by atoms with Crippen LogP contribution in [0.4, 0.5) is 5.00 Å². The van der Waals surface area contributed by atoms with E-state index in [1.807, 2.05) is 30.3 Å². The number of amides is 2. The average molecular weight is 398 g/mol. The van der Waals surface area contributed by atoms with Gasteiger partial charge in [0, 0.05) is 6.42 Å². The van der Waals surface area contributed by atoms with Crippen LogP contribution >= 0.6 is 11.3 Å². The van der Waals surface area contributed by atoms with E-state index in [1.54, 1.807) is 24.3 Å².